The van der Waals surface area contributed by atoms with Gasteiger partial charge in [-0.1, -0.05) is 15.9 Å². The summed E-state index contributed by atoms with van der Waals surface area (Å²) in [6, 6.07) is 5.41. The van der Waals surface area contributed by atoms with Crippen LogP contribution in [0.3, 0.4) is 0 Å². The number of hydrogen-bond donors (Lipinski definition) is 3. The van der Waals surface area contributed by atoms with Gasteiger partial charge in [0.1, 0.15) is 0 Å². The molecule has 1 aromatic heterocycles. The van der Waals surface area contributed by atoms with Gasteiger partial charge in [0.05, 0.1) is 24.1 Å². The van der Waals surface area contributed by atoms with Crippen LogP contribution in [0.1, 0.15) is 12.8 Å². The van der Waals surface area contributed by atoms with E-state index < -0.39 is 5.92 Å². The number of benzene rings is 1. The second-order valence-electron chi connectivity index (χ2n) is 6.31. The lowest BCUT2D eigenvalue weighted by molar-refractivity contribution is -0.127. The van der Waals surface area contributed by atoms with Gasteiger partial charge >= 0.3 is 0 Å². The molecule has 0 radical (unpaired) electrons. The lowest BCUT2D eigenvalue weighted by atomic mass is 10.1. The van der Waals surface area contributed by atoms with Crippen molar-refractivity contribution in [3.05, 3.63) is 22.7 Å². The Balaban J connectivity index is 1.70. The molecule has 3 rings (SSSR count). The number of nitrogens with one attached hydrogen (secondary N) is 2. The Hall–Kier alpha value is -1.58. The van der Waals surface area contributed by atoms with E-state index >= 15 is 0 Å². The van der Waals surface area contributed by atoms with Crippen molar-refractivity contribution in [3.8, 4) is 0 Å². The molecule has 0 bridgehead atoms. The van der Waals surface area contributed by atoms with Gasteiger partial charge in [0.2, 0.25) is 11.8 Å². The number of H-pyrrole nitrogens is 1. The topological polar surface area (TPSA) is 98.3 Å². The molecule has 9 heteroatoms. The highest BCUT2D eigenvalue weighted by atomic mass is 79.9. The third kappa shape index (κ3) is 4.05. The molecule has 1 aliphatic rings. The summed E-state index contributed by atoms with van der Waals surface area (Å²) in [5, 5.41) is 20.3. The first-order chi connectivity index (χ1) is 12.5. The zero-order valence-electron chi connectivity index (χ0n) is 14.4. The minimum atomic E-state index is -0.437. The minimum absolute atomic E-state index is 0.102. The highest BCUT2D eigenvalue weighted by Gasteiger charge is 2.37. The van der Waals surface area contributed by atoms with E-state index in [1.54, 1.807) is 16.7 Å². The maximum Gasteiger partial charge on any atom is 0.229 e. The number of aliphatic hydroxyl groups excluding tert-OH is 1. The summed E-state index contributed by atoms with van der Waals surface area (Å²) in [6.45, 7) is 0.191. The number of aromatic amines is 1. The highest BCUT2D eigenvalue weighted by Crippen LogP contribution is 2.31. The van der Waals surface area contributed by atoms with E-state index in [2.05, 4.69) is 31.4 Å². The van der Waals surface area contributed by atoms with Crippen molar-refractivity contribution in [2.75, 3.05) is 30.1 Å². The minimum Gasteiger partial charge on any atom is -0.394 e. The first kappa shape index (κ1) is 19.2. The first-order valence-corrected chi connectivity index (χ1v) is 10.6. The van der Waals surface area contributed by atoms with Gasteiger partial charge in [0, 0.05) is 22.8 Å². The Morgan fingerprint density at radius 2 is 2.38 bits per heavy atom. The summed E-state index contributed by atoms with van der Waals surface area (Å²) < 4.78 is 0.922. The smallest absolute Gasteiger partial charge is 0.229 e. The Kier molecular flexibility index (Phi) is 6.20. The highest BCUT2D eigenvalue weighted by molar-refractivity contribution is 9.10. The number of fused-ring (bicyclic) bond motifs is 1. The summed E-state index contributed by atoms with van der Waals surface area (Å²) in [7, 11) is 0. The molecule has 2 amide bonds. The molecule has 1 aromatic carbocycles. The summed E-state index contributed by atoms with van der Waals surface area (Å²) in [5.41, 5.74) is 0.826. The summed E-state index contributed by atoms with van der Waals surface area (Å²) >= 11 is 5.08. The molecule has 0 aliphatic carbocycles. The largest absolute Gasteiger partial charge is 0.394 e. The molecule has 3 N–H and O–H groups in total. The maximum atomic E-state index is 12.5. The van der Waals surface area contributed by atoms with Crippen molar-refractivity contribution in [2.24, 2.45) is 5.92 Å². The van der Waals surface area contributed by atoms with Crippen molar-refractivity contribution < 1.29 is 14.7 Å². The fourth-order valence-corrected chi connectivity index (χ4v) is 3.94. The molecule has 140 valence electrons. The van der Waals surface area contributed by atoms with Crippen LogP contribution < -0.4 is 10.2 Å². The summed E-state index contributed by atoms with van der Waals surface area (Å²) in [5.74, 6) is 0.660. The molecule has 0 saturated carbocycles. The van der Waals surface area contributed by atoms with Gasteiger partial charge in [-0.15, -0.1) is 0 Å². The Labute approximate surface area is 164 Å². The lowest BCUT2D eigenvalue weighted by Crippen LogP contribution is -2.42. The predicted octanol–water partition coefficient (Wildman–Crippen LogP) is 1.91. The van der Waals surface area contributed by atoms with Crippen LogP contribution in [-0.4, -0.2) is 58.3 Å². The standard InChI is InChI=1S/C17H21BrN4O3S/c1-26-5-4-12(9-23)19-17(25)10-6-15(24)22(8-10)16-13-3-2-11(18)7-14(13)20-21-16/h2-3,7,10,12,23H,4-6,8-9H2,1H3,(H,19,25)(H,20,21)/t10?,12-/m0/s1. The van der Waals surface area contributed by atoms with Gasteiger partial charge in [0.25, 0.3) is 0 Å². The predicted molar refractivity (Wildman–Crippen MR) is 106 cm³/mol. The van der Waals surface area contributed by atoms with Crippen LogP contribution in [0.4, 0.5) is 5.82 Å². The molecule has 2 aromatic rings. The van der Waals surface area contributed by atoms with Crippen molar-refractivity contribution in [2.45, 2.75) is 18.9 Å². The van der Waals surface area contributed by atoms with E-state index in [1.165, 1.54) is 0 Å². The molecule has 1 saturated heterocycles. The molecule has 1 aliphatic heterocycles. The van der Waals surface area contributed by atoms with E-state index in [0.717, 1.165) is 21.1 Å². The van der Waals surface area contributed by atoms with E-state index in [0.29, 0.717) is 18.8 Å². The van der Waals surface area contributed by atoms with Crippen LogP contribution in [0.15, 0.2) is 22.7 Å². The Morgan fingerprint density at radius 3 is 3.12 bits per heavy atom. The summed E-state index contributed by atoms with van der Waals surface area (Å²) in [4.78, 5) is 26.5. The zero-order chi connectivity index (χ0) is 18.7. The van der Waals surface area contributed by atoms with E-state index in [4.69, 9.17) is 0 Å². The van der Waals surface area contributed by atoms with Crippen LogP contribution in [-0.2, 0) is 9.59 Å². The number of rotatable bonds is 7. The first-order valence-electron chi connectivity index (χ1n) is 8.37. The van der Waals surface area contributed by atoms with E-state index in [1.807, 2.05) is 24.5 Å². The van der Waals surface area contributed by atoms with Crippen LogP contribution in [0.5, 0.6) is 0 Å². The monoisotopic (exact) mass is 440 g/mol. The number of halogens is 1. The van der Waals surface area contributed by atoms with Gasteiger partial charge < -0.3 is 10.4 Å². The molecular weight excluding hydrogens is 420 g/mol. The molecule has 7 nitrogen and oxygen atoms in total. The Bertz CT molecular complexity index is 812. The number of aliphatic hydroxyl groups is 1. The second-order valence-corrected chi connectivity index (χ2v) is 8.21. The molecule has 1 fully saturated rings. The second kappa shape index (κ2) is 8.41. The quantitative estimate of drug-likeness (QED) is 0.610. The number of thioether (sulfide) groups is 1. The fourth-order valence-electron chi connectivity index (χ4n) is 3.06. The number of hydrogen-bond acceptors (Lipinski definition) is 5. The molecule has 26 heavy (non-hydrogen) atoms. The van der Waals surface area contributed by atoms with E-state index in [-0.39, 0.29) is 30.9 Å². The van der Waals surface area contributed by atoms with E-state index in [9.17, 15) is 14.7 Å². The normalized spacial score (nSPS) is 18.5. The molecule has 1 unspecified atom stereocenters. The van der Waals surface area contributed by atoms with Gasteiger partial charge in [-0.3, -0.25) is 19.6 Å². The summed E-state index contributed by atoms with van der Waals surface area (Å²) in [6.07, 6.45) is 2.83. The van der Waals surface area contributed by atoms with Gasteiger partial charge in [-0.2, -0.15) is 16.9 Å². The van der Waals surface area contributed by atoms with Gasteiger partial charge in [-0.05, 0) is 36.6 Å². The molecule has 2 heterocycles. The fraction of sp³-hybridized carbons (Fsp3) is 0.471. The average Bonchev–Trinajstić information content (AvgIpc) is 3.21. The van der Waals surface area contributed by atoms with Crippen molar-refractivity contribution in [1.82, 2.24) is 15.5 Å². The zero-order valence-corrected chi connectivity index (χ0v) is 16.8. The van der Waals surface area contributed by atoms with Crippen LogP contribution in [0.25, 0.3) is 10.9 Å². The van der Waals surface area contributed by atoms with Crippen LogP contribution in [0, 0.1) is 5.92 Å². The number of nitrogens with zero attached hydrogens (tertiary/aromatic N) is 2. The lowest BCUT2D eigenvalue weighted by Gasteiger charge is -2.18. The van der Waals surface area contributed by atoms with Crippen LogP contribution in [0.2, 0.25) is 0 Å². The van der Waals surface area contributed by atoms with Crippen molar-refractivity contribution in [1.29, 1.82) is 0 Å². The number of carbonyl (C=O) groups excluding carboxylic acids is 2. The molecule has 0 spiro atoms. The molecule has 2 atom stereocenters. The number of amides is 2. The van der Waals surface area contributed by atoms with Gasteiger partial charge in [-0.25, -0.2) is 0 Å². The average molecular weight is 441 g/mol. The van der Waals surface area contributed by atoms with Gasteiger partial charge in [0.15, 0.2) is 5.82 Å². The molecular formula is C17H21BrN4O3S. The number of aromatic nitrogens is 2. The number of carbonyl (C=O) groups is 2. The maximum absolute atomic E-state index is 12.5. The third-order valence-corrected chi connectivity index (χ3v) is 5.63. The third-order valence-electron chi connectivity index (χ3n) is 4.49. The van der Waals surface area contributed by atoms with Crippen molar-refractivity contribution in [3.63, 3.8) is 0 Å². The Morgan fingerprint density at radius 1 is 1.58 bits per heavy atom. The SMILES string of the molecule is CSCC[C@@H](CO)NC(=O)C1CC(=O)N(c2n[nH]c3cc(Br)ccc23)C1. The number of anilines is 1. The van der Waals surface area contributed by atoms with Crippen LogP contribution >= 0.6 is 27.7 Å². The van der Waals surface area contributed by atoms with Crippen molar-refractivity contribution >= 4 is 56.2 Å².